The second-order valence-corrected chi connectivity index (χ2v) is 6.07. The average molecular weight is 337 g/mol. The summed E-state index contributed by atoms with van der Waals surface area (Å²) in [7, 11) is 0. The number of aliphatic hydroxyl groups is 4. The van der Waals surface area contributed by atoms with Crippen molar-refractivity contribution in [3.05, 3.63) is 0 Å². The molecule has 23 heavy (non-hydrogen) atoms. The van der Waals surface area contributed by atoms with Crippen LogP contribution in [0.4, 0.5) is 0 Å². The summed E-state index contributed by atoms with van der Waals surface area (Å²) in [5, 5.41) is 39.3. The monoisotopic (exact) mass is 337 g/mol. The Morgan fingerprint density at radius 3 is 2.17 bits per heavy atom. The molecule has 10 nitrogen and oxygen atoms in total. The van der Waals surface area contributed by atoms with Crippen molar-refractivity contribution in [3.63, 3.8) is 0 Å². The number of ether oxygens (including phenoxy) is 3. The van der Waals surface area contributed by atoms with E-state index in [2.05, 4.69) is 0 Å². The minimum Gasteiger partial charge on any atom is -0.394 e. The number of hydrogen-bond acceptors (Lipinski definition) is 10. The van der Waals surface area contributed by atoms with Crippen LogP contribution in [0.25, 0.3) is 0 Å². The fraction of sp³-hybridized carbons (Fsp3) is 1.00. The normalized spacial score (nSPS) is 51.7. The van der Waals surface area contributed by atoms with Gasteiger partial charge in [0, 0.05) is 6.54 Å². The zero-order valence-electron chi connectivity index (χ0n) is 12.9. The van der Waals surface area contributed by atoms with Crippen LogP contribution in [0.2, 0.25) is 0 Å². The largest absolute Gasteiger partial charge is 0.394 e. The number of nitrogens with two attached hydrogens (primary N) is 3. The second kappa shape index (κ2) is 7.66. The Hall–Kier alpha value is -0.400. The Bertz CT molecular complexity index is 387. The van der Waals surface area contributed by atoms with Crippen molar-refractivity contribution >= 4 is 0 Å². The highest BCUT2D eigenvalue weighted by molar-refractivity contribution is 4.97. The van der Waals surface area contributed by atoms with E-state index in [9.17, 15) is 20.4 Å². The molecule has 2 aliphatic heterocycles. The van der Waals surface area contributed by atoms with Gasteiger partial charge >= 0.3 is 0 Å². The van der Waals surface area contributed by atoms with Gasteiger partial charge in [-0.25, -0.2) is 0 Å². The van der Waals surface area contributed by atoms with E-state index in [1.807, 2.05) is 0 Å². The lowest BCUT2D eigenvalue weighted by Crippen LogP contribution is -2.67. The van der Waals surface area contributed by atoms with Gasteiger partial charge in [-0.1, -0.05) is 0 Å². The molecule has 0 aromatic heterocycles. The van der Waals surface area contributed by atoms with Gasteiger partial charge in [-0.05, 0) is 6.92 Å². The highest BCUT2D eigenvalue weighted by Crippen LogP contribution is 2.27. The second-order valence-electron chi connectivity index (χ2n) is 6.07. The zero-order chi connectivity index (χ0) is 17.3. The Balaban J connectivity index is 2.11. The van der Waals surface area contributed by atoms with Gasteiger partial charge in [0.1, 0.15) is 30.5 Å². The van der Waals surface area contributed by atoms with E-state index in [4.69, 9.17) is 31.4 Å². The maximum absolute atomic E-state index is 10.0. The van der Waals surface area contributed by atoms with Gasteiger partial charge in [0.15, 0.2) is 6.29 Å². The van der Waals surface area contributed by atoms with Gasteiger partial charge in [-0.3, -0.25) is 0 Å². The predicted molar refractivity (Wildman–Crippen MR) is 78.0 cm³/mol. The van der Waals surface area contributed by atoms with Gasteiger partial charge in [0.2, 0.25) is 0 Å². The Morgan fingerprint density at radius 2 is 1.61 bits per heavy atom. The van der Waals surface area contributed by atoms with Crippen molar-refractivity contribution in [1.82, 2.24) is 0 Å². The van der Waals surface area contributed by atoms with E-state index < -0.39 is 61.1 Å². The summed E-state index contributed by atoms with van der Waals surface area (Å²) in [5.41, 5.74) is 17.3. The molecule has 0 radical (unpaired) electrons. The molecule has 2 saturated heterocycles. The standard InChI is InChI=1S/C13H27N3O7/c1-4-9(18)7(15)12(6(3-17)21-4)23-13-8(16)11(20)10(19)5(2-14)22-13/h4-13,17-20H,2-3,14-16H2,1H3/t4-,5-,6-,7-,8-,9+,10-,11-,12-,13?/m1/s1. The van der Waals surface area contributed by atoms with Crippen LogP contribution in [-0.4, -0.2) is 94.7 Å². The molecule has 0 amide bonds. The third-order valence-corrected chi connectivity index (χ3v) is 4.46. The van der Waals surface area contributed by atoms with Gasteiger partial charge in [-0.15, -0.1) is 0 Å². The van der Waals surface area contributed by atoms with E-state index in [1.54, 1.807) is 6.92 Å². The number of rotatable bonds is 4. The van der Waals surface area contributed by atoms with Crippen LogP contribution in [-0.2, 0) is 14.2 Å². The molecule has 0 aliphatic carbocycles. The van der Waals surface area contributed by atoms with Crippen molar-refractivity contribution in [2.75, 3.05) is 13.2 Å². The molecule has 0 bridgehead atoms. The van der Waals surface area contributed by atoms with Crippen LogP contribution >= 0.6 is 0 Å². The lowest BCUT2D eigenvalue weighted by molar-refractivity contribution is -0.299. The summed E-state index contributed by atoms with van der Waals surface area (Å²) in [6, 6.07) is -1.89. The summed E-state index contributed by atoms with van der Waals surface area (Å²) >= 11 is 0. The first-order chi connectivity index (χ1) is 10.8. The zero-order valence-corrected chi connectivity index (χ0v) is 12.9. The molecule has 0 spiro atoms. The first-order valence-corrected chi connectivity index (χ1v) is 7.64. The number of aliphatic hydroxyl groups excluding tert-OH is 4. The van der Waals surface area contributed by atoms with Gasteiger partial charge in [0.25, 0.3) is 0 Å². The molecule has 0 aromatic rings. The topological polar surface area (TPSA) is 187 Å². The summed E-state index contributed by atoms with van der Waals surface area (Å²) in [6.45, 7) is 1.22. The molecule has 2 aliphatic rings. The van der Waals surface area contributed by atoms with Crippen molar-refractivity contribution < 1.29 is 34.6 Å². The molecule has 10 atom stereocenters. The molecule has 2 fully saturated rings. The Labute approximate surface area is 134 Å². The molecular formula is C13H27N3O7. The van der Waals surface area contributed by atoms with Crippen molar-refractivity contribution in [2.45, 2.75) is 68.0 Å². The summed E-state index contributed by atoms with van der Waals surface area (Å²) in [4.78, 5) is 0. The number of hydrogen-bond donors (Lipinski definition) is 7. The molecule has 1 unspecified atom stereocenters. The van der Waals surface area contributed by atoms with Crippen LogP contribution in [0, 0.1) is 0 Å². The smallest absolute Gasteiger partial charge is 0.176 e. The van der Waals surface area contributed by atoms with Gasteiger partial charge < -0.3 is 51.8 Å². The van der Waals surface area contributed by atoms with E-state index >= 15 is 0 Å². The van der Waals surface area contributed by atoms with E-state index in [0.717, 1.165) is 0 Å². The van der Waals surface area contributed by atoms with Crippen LogP contribution < -0.4 is 17.2 Å². The minimum atomic E-state index is -1.29. The Kier molecular flexibility index (Phi) is 6.30. The first-order valence-electron chi connectivity index (χ1n) is 7.64. The van der Waals surface area contributed by atoms with E-state index in [1.165, 1.54) is 0 Å². The lowest BCUT2D eigenvalue weighted by Gasteiger charge is -2.46. The van der Waals surface area contributed by atoms with Crippen LogP contribution in [0.3, 0.4) is 0 Å². The minimum absolute atomic E-state index is 0.0406. The maximum Gasteiger partial charge on any atom is 0.176 e. The first kappa shape index (κ1) is 18.9. The SMILES string of the molecule is C[C@H]1O[C@H](CO)[C@@H](OC2O[C@H](CN)[C@@H](O)[C@H](O)[C@H]2N)[C@H](N)[C@H]1O. The predicted octanol–water partition coefficient (Wildman–Crippen LogP) is -4.43. The van der Waals surface area contributed by atoms with Gasteiger partial charge in [0.05, 0.1) is 30.9 Å². The average Bonchev–Trinajstić information content (AvgIpc) is 2.55. The lowest BCUT2D eigenvalue weighted by atomic mass is 9.93. The maximum atomic E-state index is 10.0. The summed E-state index contributed by atoms with van der Waals surface area (Å²) < 4.78 is 16.6. The molecule has 10 heteroatoms. The molecule has 136 valence electrons. The quantitative estimate of drug-likeness (QED) is 0.264. The summed E-state index contributed by atoms with van der Waals surface area (Å²) in [5.74, 6) is 0. The molecular weight excluding hydrogens is 310 g/mol. The molecule has 0 aromatic carbocycles. The van der Waals surface area contributed by atoms with Crippen molar-refractivity contribution in [3.8, 4) is 0 Å². The summed E-state index contributed by atoms with van der Waals surface area (Å²) in [6.07, 6.45) is -7.73. The van der Waals surface area contributed by atoms with E-state index in [0.29, 0.717) is 0 Å². The highest BCUT2D eigenvalue weighted by Gasteiger charge is 2.48. The van der Waals surface area contributed by atoms with E-state index in [-0.39, 0.29) is 13.2 Å². The molecule has 0 saturated carbocycles. The van der Waals surface area contributed by atoms with Crippen LogP contribution in [0.15, 0.2) is 0 Å². The third-order valence-electron chi connectivity index (χ3n) is 4.46. The molecule has 2 rings (SSSR count). The van der Waals surface area contributed by atoms with Crippen LogP contribution in [0.5, 0.6) is 0 Å². The fourth-order valence-electron chi connectivity index (χ4n) is 2.94. The molecule has 2 heterocycles. The molecule has 10 N–H and O–H groups in total. The van der Waals surface area contributed by atoms with Crippen molar-refractivity contribution in [2.24, 2.45) is 17.2 Å². The highest BCUT2D eigenvalue weighted by atomic mass is 16.7. The third kappa shape index (κ3) is 3.66. The van der Waals surface area contributed by atoms with Crippen LogP contribution in [0.1, 0.15) is 6.92 Å². The van der Waals surface area contributed by atoms with Gasteiger partial charge in [-0.2, -0.15) is 0 Å². The fourth-order valence-corrected chi connectivity index (χ4v) is 2.94. The van der Waals surface area contributed by atoms with Crippen molar-refractivity contribution in [1.29, 1.82) is 0 Å². The Morgan fingerprint density at radius 1 is 0.957 bits per heavy atom.